The highest BCUT2D eigenvalue weighted by Crippen LogP contribution is 2.17. The van der Waals surface area contributed by atoms with Crippen LogP contribution in [0.4, 0.5) is 0 Å². The molecule has 0 amide bonds. The lowest BCUT2D eigenvalue weighted by atomic mass is 10.1. The SMILES string of the molecule is CCCCCCC(C)OCCNC1CCCC1. The highest BCUT2D eigenvalue weighted by molar-refractivity contribution is 4.73. The lowest BCUT2D eigenvalue weighted by Crippen LogP contribution is -2.30. The van der Waals surface area contributed by atoms with Gasteiger partial charge in [0.25, 0.3) is 0 Å². The molecule has 1 rings (SSSR count). The molecule has 2 heteroatoms. The zero-order valence-corrected chi connectivity index (χ0v) is 11.8. The fraction of sp³-hybridized carbons (Fsp3) is 1.00. The Hall–Kier alpha value is -0.0800. The van der Waals surface area contributed by atoms with E-state index in [0.717, 1.165) is 19.2 Å². The van der Waals surface area contributed by atoms with E-state index in [1.807, 2.05) is 0 Å². The zero-order chi connectivity index (χ0) is 12.3. The van der Waals surface area contributed by atoms with Gasteiger partial charge in [0.05, 0.1) is 12.7 Å². The molecule has 0 aliphatic heterocycles. The van der Waals surface area contributed by atoms with Gasteiger partial charge in [0.15, 0.2) is 0 Å². The molecule has 102 valence electrons. The minimum atomic E-state index is 0.442. The summed E-state index contributed by atoms with van der Waals surface area (Å²) in [5.41, 5.74) is 0. The highest BCUT2D eigenvalue weighted by atomic mass is 16.5. The van der Waals surface area contributed by atoms with Crippen LogP contribution in [-0.2, 0) is 4.74 Å². The molecule has 0 aromatic heterocycles. The fourth-order valence-corrected chi connectivity index (χ4v) is 2.60. The molecular formula is C15H31NO. The summed E-state index contributed by atoms with van der Waals surface area (Å²) in [6, 6.07) is 0.776. The maximum Gasteiger partial charge on any atom is 0.0594 e. The van der Waals surface area contributed by atoms with Gasteiger partial charge < -0.3 is 10.1 Å². The van der Waals surface area contributed by atoms with Crippen LogP contribution in [0.3, 0.4) is 0 Å². The molecule has 0 spiro atoms. The van der Waals surface area contributed by atoms with Crippen molar-refractivity contribution in [3.05, 3.63) is 0 Å². The van der Waals surface area contributed by atoms with E-state index in [0.29, 0.717) is 6.10 Å². The molecular weight excluding hydrogens is 210 g/mol. The van der Waals surface area contributed by atoms with Crippen LogP contribution in [0.1, 0.15) is 71.6 Å². The molecule has 2 nitrogen and oxygen atoms in total. The first kappa shape index (κ1) is 15.0. The van der Waals surface area contributed by atoms with E-state index in [-0.39, 0.29) is 0 Å². The normalized spacial score (nSPS) is 18.7. The van der Waals surface area contributed by atoms with Crippen LogP contribution in [0.25, 0.3) is 0 Å². The average molecular weight is 241 g/mol. The van der Waals surface area contributed by atoms with Crippen molar-refractivity contribution in [1.82, 2.24) is 5.32 Å². The van der Waals surface area contributed by atoms with Gasteiger partial charge in [-0.05, 0) is 26.2 Å². The van der Waals surface area contributed by atoms with Crippen molar-refractivity contribution in [2.75, 3.05) is 13.2 Å². The van der Waals surface area contributed by atoms with E-state index in [1.165, 1.54) is 57.8 Å². The second kappa shape index (κ2) is 9.90. The lowest BCUT2D eigenvalue weighted by Gasteiger charge is -2.15. The predicted octanol–water partition coefficient (Wildman–Crippen LogP) is 3.89. The van der Waals surface area contributed by atoms with Gasteiger partial charge in [-0.3, -0.25) is 0 Å². The number of nitrogens with one attached hydrogen (secondary N) is 1. The molecule has 0 heterocycles. The molecule has 1 N–H and O–H groups in total. The van der Waals surface area contributed by atoms with E-state index in [4.69, 9.17) is 4.74 Å². The molecule has 0 aromatic rings. The van der Waals surface area contributed by atoms with Gasteiger partial charge in [-0.1, -0.05) is 45.4 Å². The van der Waals surface area contributed by atoms with Crippen molar-refractivity contribution in [2.24, 2.45) is 0 Å². The number of rotatable bonds is 10. The first-order valence-electron chi connectivity index (χ1n) is 7.68. The largest absolute Gasteiger partial charge is 0.377 e. The summed E-state index contributed by atoms with van der Waals surface area (Å²) < 4.78 is 5.82. The maximum atomic E-state index is 5.82. The van der Waals surface area contributed by atoms with Crippen LogP contribution < -0.4 is 5.32 Å². The summed E-state index contributed by atoms with van der Waals surface area (Å²) in [7, 11) is 0. The topological polar surface area (TPSA) is 21.3 Å². The Morgan fingerprint density at radius 1 is 1.18 bits per heavy atom. The van der Waals surface area contributed by atoms with E-state index >= 15 is 0 Å². The molecule has 1 aliphatic rings. The Morgan fingerprint density at radius 2 is 1.94 bits per heavy atom. The molecule has 0 saturated heterocycles. The molecule has 0 radical (unpaired) electrons. The summed E-state index contributed by atoms with van der Waals surface area (Å²) in [6.45, 7) is 6.38. The van der Waals surface area contributed by atoms with Gasteiger partial charge in [-0.2, -0.15) is 0 Å². The Bertz CT molecular complexity index is 166. The summed E-state index contributed by atoms with van der Waals surface area (Å²) in [4.78, 5) is 0. The zero-order valence-electron chi connectivity index (χ0n) is 11.8. The monoisotopic (exact) mass is 241 g/mol. The molecule has 1 fully saturated rings. The van der Waals surface area contributed by atoms with Crippen LogP contribution in [-0.4, -0.2) is 25.3 Å². The minimum Gasteiger partial charge on any atom is -0.377 e. The Labute approximate surface area is 108 Å². The van der Waals surface area contributed by atoms with E-state index in [2.05, 4.69) is 19.2 Å². The summed E-state index contributed by atoms with van der Waals surface area (Å²) >= 11 is 0. The third kappa shape index (κ3) is 7.77. The molecule has 1 saturated carbocycles. The van der Waals surface area contributed by atoms with Crippen LogP contribution in [0.2, 0.25) is 0 Å². The van der Waals surface area contributed by atoms with Gasteiger partial charge in [0.1, 0.15) is 0 Å². The lowest BCUT2D eigenvalue weighted by molar-refractivity contribution is 0.0592. The van der Waals surface area contributed by atoms with E-state index in [9.17, 15) is 0 Å². The second-order valence-electron chi connectivity index (χ2n) is 5.47. The van der Waals surface area contributed by atoms with Gasteiger partial charge in [0.2, 0.25) is 0 Å². The summed E-state index contributed by atoms with van der Waals surface area (Å²) in [6.07, 6.45) is 12.6. The average Bonchev–Trinajstić information content (AvgIpc) is 2.83. The van der Waals surface area contributed by atoms with Crippen LogP contribution >= 0.6 is 0 Å². The summed E-state index contributed by atoms with van der Waals surface area (Å²) in [5.74, 6) is 0. The number of hydrogen-bond acceptors (Lipinski definition) is 2. The third-order valence-corrected chi connectivity index (χ3v) is 3.76. The molecule has 17 heavy (non-hydrogen) atoms. The maximum absolute atomic E-state index is 5.82. The predicted molar refractivity (Wildman–Crippen MR) is 74.4 cm³/mol. The molecule has 1 atom stereocenters. The number of unbranched alkanes of at least 4 members (excludes halogenated alkanes) is 3. The number of ether oxygens (including phenoxy) is 1. The van der Waals surface area contributed by atoms with Crippen molar-refractivity contribution in [3.63, 3.8) is 0 Å². The van der Waals surface area contributed by atoms with E-state index < -0.39 is 0 Å². The van der Waals surface area contributed by atoms with Crippen molar-refractivity contribution in [2.45, 2.75) is 83.8 Å². The van der Waals surface area contributed by atoms with Crippen molar-refractivity contribution in [3.8, 4) is 0 Å². The van der Waals surface area contributed by atoms with Crippen molar-refractivity contribution >= 4 is 0 Å². The van der Waals surface area contributed by atoms with Gasteiger partial charge in [-0.25, -0.2) is 0 Å². The summed E-state index contributed by atoms with van der Waals surface area (Å²) in [5, 5.41) is 3.59. The molecule has 0 bridgehead atoms. The van der Waals surface area contributed by atoms with Crippen LogP contribution in [0, 0.1) is 0 Å². The first-order valence-corrected chi connectivity index (χ1v) is 7.68. The number of hydrogen-bond donors (Lipinski definition) is 1. The minimum absolute atomic E-state index is 0.442. The molecule has 1 aliphatic carbocycles. The van der Waals surface area contributed by atoms with Gasteiger partial charge in [-0.15, -0.1) is 0 Å². The fourth-order valence-electron chi connectivity index (χ4n) is 2.60. The second-order valence-corrected chi connectivity index (χ2v) is 5.47. The highest BCUT2D eigenvalue weighted by Gasteiger charge is 2.13. The van der Waals surface area contributed by atoms with Gasteiger partial charge >= 0.3 is 0 Å². The van der Waals surface area contributed by atoms with Crippen molar-refractivity contribution < 1.29 is 4.74 Å². The van der Waals surface area contributed by atoms with Gasteiger partial charge in [0, 0.05) is 12.6 Å². The smallest absolute Gasteiger partial charge is 0.0594 e. The third-order valence-electron chi connectivity index (χ3n) is 3.76. The molecule has 0 aromatic carbocycles. The Morgan fingerprint density at radius 3 is 2.65 bits per heavy atom. The standard InChI is InChI=1S/C15H31NO/c1-3-4-5-6-9-14(2)17-13-12-16-15-10-7-8-11-15/h14-16H,3-13H2,1-2H3. The van der Waals surface area contributed by atoms with Crippen LogP contribution in [0.5, 0.6) is 0 Å². The van der Waals surface area contributed by atoms with E-state index in [1.54, 1.807) is 0 Å². The Balaban J connectivity index is 1.84. The van der Waals surface area contributed by atoms with Crippen molar-refractivity contribution in [1.29, 1.82) is 0 Å². The van der Waals surface area contributed by atoms with Crippen LogP contribution in [0.15, 0.2) is 0 Å². The Kier molecular flexibility index (Phi) is 8.72. The quantitative estimate of drug-likeness (QED) is 0.586. The molecule has 1 unspecified atom stereocenters. The first-order chi connectivity index (χ1) is 8.33.